The third-order valence-corrected chi connectivity index (χ3v) is 9.25. The lowest BCUT2D eigenvalue weighted by atomic mass is 9.68. The van der Waals surface area contributed by atoms with Crippen molar-refractivity contribution in [3.05, 3.63) is 63.2 Å². The number of ether oxygens (including phenoxy) is 1. The molecular formula is C35H60O9P2. The molecule has 46 heavy (non-hydrogen) atoms. The molecule has 11 heteroatoms. The molecule has 0 amide bonds. The van der Waals surface area contributed by atoms with Crippen molar-refractivity contribution in [1.82, 2.24) is 0 Å². The molecule has 264 valence electrons. The van der Waals surface area contributed by atoms with Gasteiger partial charge in [0, 0.05) is 11.1 Å². The SMILES string of the molecule is Cc1ccc(C(C)(C)C)c(OC(c2c(C(C)(C)C)ccc(C)c2C(C)(C)C)C(CO)(CO)CO)c1C(C)(C)C.OP(O)OP(O)O. The highest BCUT2D eigenvalue weighted by atomic mass is 31.2. The van der Waals surface area contributed by atoms with E-state index in [0.29, 0.717) is 0 Å². The Morgan fingerprint density at radius 2 is 0.935 bits per heavy atom. The Labute approximate surface area is 279 Å². The zero-order chi connectivity index (χ0) is 36.2. The quantitative estimate of drug-likeness (QED) is 0.138. The van der Waals surface area contributed by atoms with Crippen molar-refractivity contribution >= 4 is 17.2 Å². The van der Waals surface area contributed by atoms with E-state index in [2.05, 4.69) is 126 Å². The summed E-state index contributed by atoms with van der Waals surface area (Å²) in [5.74, 6) is 0.779. The average Bonchev–Trinajstić information content (AvgIpc) is 2.85. The van der Waals surface area contributed by atoms with Gasteiger partial charge >= 0.3 is 17.2 Å². The monoisotopic (exact) mass is 686 g/mol. The van der Waals surface area contributed by atoms with E-state index >= 15 is 0 Å². The Kier molecular flexibility index (Phi) is 14.9. The van der Waals surface area contributed by atoms with Crippen LogP contribution in [0.15, 0.2) is 24.3 Å². The van der Waals surface area contributed by atoms with Crippen LogP contribution in [0.5, 0.6) is 5.75 Å². The molecule has 0 heterocycles. The second kappa shape index (κ2) is 16.0. The standard InChI is InChI=1S/C35H56O4.H4O5P2/c1-22-15-17-24(31(3,4)5)26(27(22)33(9,10)11)30(35(19-36,20-37)21-38)39-29-25(32(6,7)8)18-16-23(2)28(29)34(12,13)14;1-6(2)5-7(3)4/h15-18,30,36-38H,19-21H2,1-14H3;1-4H. The first-order chi connectivity index (χ1) is 20.7. The molecule has 0 saturated heterocycles. The molecule has 2 aromatic carbocycles. The molecule has 0 aromatic heterocycles. The van der Waals surface area contributed by atoms with Crippen LogP contribution in [-0.4, -0.2) is 54.7 Å². The minimum Gasteiger partial charge on any atom is -0.484 e. The van der Waals surface area contributed by atoms with E-state index in [1.807, 2.05) is 0 Å². The van der Waals surface area contributed by atoms with E-state index < -0.39 is 48.5 Å². The van der Waals surface area contributed by atoms with Crippen LogP contribution < -0.4 is 4.74 Å². The topological polar surface area (TPSA) is 160 Å². The number of benzene rings is 2. The molecule has 0 spiro atoms. The maximum Gasteiger partial charge on any atom is 0.334 e. The van der Waals surface area contributed by atoms with Crippen LogP contribution in [0.25, 0.3) is 0 Å². The smallest absolute Gasteiger partial charge is 0.334 e. The van der Waals surface area contributed by atoms with Crippen LogP contribution in [0.1, 0.15) is 128 Å². The van der Waals surface area contributed by atoms with Gasteiger partial charge in [0.05, 0.1) is 25.2 Å². The molecule has 0 saturated carbocycles. The van der Waals surface area contributed by atoms with Gasteiger partial charge in [-0.15, -0.1) is 0 Å². The summed E-state index contributed by atoms with van der Waals surface area (Å²) in [7, 11) is -5.22. The zero-order valence-corrected chi connectivity index (χ0v) is 32.1. The highest BCUT2D eigenvalue weighted by molar-refractivity contribution is 7.53. The summed E-state index contributed by atoms with van der Waals surface area (Å²) in [5, 5.41) is 32.6. The van der Waals surface area contributed by atoms with Gasteiger partial charge in [0.25, 0.3) is 0 Å². The van der Waals surface area contributed by atoms with Crippen molar-refractivity contribution < 1.29 is 43.9 Å². The molecule has 0 aliphatic carbocycles. The predicted molar refractivity (Wildman–Crippen MR) is 188 cm³/mol. The zero-order valence-electron chi connectivity index (χ0n) is 30.3. The van der Waals surface area contributed by atoms with Gasteiger partial charge in [-0.3, -0.25) is 0 Å². The first-order valence-electron chi connectivity index (χ1n) is 15.5. The van der Waals surface area contributed by atoms with Crippen LogP contribution >= 0.6 is 17.2 Å². The molecule has 1 unspecified atom stereocenters. The van der Waals surface area contributed by atoms with Crippen LogP contribution in [0, 0.1) is 19.3 Å². The second-order valence-electron chi connectivity index (χ2n) is 16.3. The highest BCUT2D eigenvalue weighted by Crippen LogP contribution is 2.50. The summed E-state index contributed by atoms with van der Waals surface area (Å²) >= 11 is 0. The van der Waals surface area contributed by atoms with E-state index in [-0.39, 0.29) is 21.7 Å². The first-order valence-corrected chi connectivity index (χ1v) is 17.8. The van der Waals surface area contributed by atoms with Gasteiger partial charge in [-0.2, -0.15) is 0 Å². The maximum absolute atomic E-state index is 10.9. The Morgan fingerprint density at radius 3 is 1.24 bits per heavy atom. The summed E-state index contributed by atoms with van der Waals surface area (Å²) in [6, 6.07) is 8.61. The highest BCUT2D eigenvalue weighted by Gasteiger charge is 2.46. The molecule has 2 aromatic rings. The summed E-state index contributed by atoms with van der Waals surface area (Å²) in [4.78, 5) is 31.3. The number of aliphatic hydroxyl groups is 3. The summed E-state index contributed by atoms with van der Waals surface area (Å²) < 4.78 is 10.9. The molecule has 0 bridgehead atoms. The molecule has 0 aliphatic heterocycles. The van der Waals surface area contributed by atoms with Crippen molar-refractivity contribution in [2.75, 3.05) is 19.8 Å². The second-order valence-corrected chi connectivity index (χ2v) is 17.9. The van der Waals surface area contributed by atoms with Crippen LogP contribution in [-0.2, 0) is 26.0 Å². The fourth-order valence-electron chi connectivity index (χ4n) is 6.05. The minimum atomic E-state index is -2.61. The number of rotatable bonds is 9. The van der Waals surface area contributed by atoms with Crippen molar-refractivity contribution in [3.8, 4) is 5.75 Å². The van der Waals surface area contributed by atoms with Gasteiger partial charge < -0.3 is 39.6 Å². The van der Waals surface area contributed by atoms with Crippen molar-refractivity contribution in [1.29, 1.82) is 0 Å². The van der Waals surface area contributed by atoms with Gasteiger partial charge in [-0.25, -0.2) is 4.31 Å². The number of aryl methyl sites for hydroxylation is 2. The van der Waals surface area contributed by atoms with Crippen LogP contribution in [0.4, 0.5) is 0 Å². The third-order valence-electron chi connectivity index (χ3n) is 8.08. The lowest BCUT2D eigenvalue weighted by Gasteiger charge is -2.44. The Balaban J connectivity index is 0.00000135. The minimum absolute atomic E-state index is 0.222. The molecule has 9 nitrogen and oxygen atoms in total. The molecule has 7 N–H and O–H groups in total. The van der Waals surface area contributed by atoms with Crippen molar-refractivity contribution in [3.63, 3.8) is 0 Å². The van der Waals surface area contributed by atoms with Crippen molar-refractivity contribution in [2.24, 2.45) is 5.41 Å². The fraction of sp³-hybridized carbons (Fsp3) is 0.657. The summed E-state index contributed by atoms with van der Waals surface area (Å²) in [5.41, 5.74) is 5.32. The van der Waals surface area contributed by atoms with E-state index in [1.165, 1.54) is 0 Å². The largest absolute Gasteiger partial charge is 0.484 e. The molecule has 0 aliphatic rings. The Hall–Kier alpha value is -1.22. The van der Waals surface area contributed by atoms with E-state index in [4.69, 9.17) is 24.3 Å². The van der Waals surface area contributed by atoms with E-state index in [9.17, 15) is 15.3 Å². The summed E-state index contributed by atoms with van der Waals surface area (Å²) in [6.45, 7) is 29.2. The molecule has 0 radical (unpaired) electrons. The van der Waals surface area contributed by atoms with Crippen molar-refractivity contribution in [2.45, 2.75) is 125 Å². The number of aliphatic hydroxyl groups excluding tert-OH is 3. The number of hydrogen-bond donors (Lipinski definition) is 7. The molecule has 1 atom stereocenters. The fourth-order valence-corrected chi connectivity index (χ4v) is 6.57. The lowest BCUT2D eigenvalue weighted by molar-refractivity contribution is -0.0761. The van der Waals surface area contributed by atoms with Gasteiger partial charge in [-0.1, -0.05) is 107 Å². The average molecular weight is 687 g/mol. The first kappa shape index (κ1) is 42.8. The van der Waals surface area contributed by atoms with Crippen LogP contribution in [0.2, 0.25) is 0 Å². The van der Waals surface area contributed by atoms with Gasteiger partial charge in [0.1, 0.15) is 11.9 Å². The third kappa shape index (κ3) is 10.6. The number of hydrogen-bond acceptors (Lipinski definition) is 9. The molecular weight excluding hydrogens is 626 g/mol. The van der Waals surface area contributed by atoms with E-state index in [1.54, 1.807) is 0 Å². The summed E-state index contributed by atoms with van der Waals surface area (Å²) in [6.07, 6.45) is -0.801. The molecule has 0 fully saturated rings. The molecule has 2 rings (SSSR count). The van der Waals surface area contributed by atoms with Gasteiger partial charge in [-0.05, 0) is 63.3 Å². The van der Waals surface area contributed by atoms with Crippen LogP contribution in [0.3, 0.4) is 0 Å². The maximum atomic E-state index is 10.9. The Morgan fingerprint density at radius 1 is 0.565 bits per heavy atom. The van der Waals surface area contributed by atoms with E-state index in [0.717, 1.165) is 44.7 Å². The normalized spacial score (nSPS) is 14.0. The van der Waals surface area contributed by atoms with Gasteiger partial charge in [0.15, 0.2) is 0 Å². The lowest BCUT2D eigenvalue weighted by Crippen LogP contribution is -2.45. The Bertz CT molecular complexity index is 1260. The predicted octanol–water partition coefficient (Wildman–Crippen LogP) is 7.00. The van der Waals surface area contributed by atoms with Gasteiger partial charge in [0.2, 0.25) is 0 Å².